The van der Waals surface area contributed by atoms with E-state index in [-0.39, 0.29) is 21.9 Å². The van der Waals surface area contributed by atoms with E-state index >= 15 is 0 Å². The van der Waals surface area contributed by atoms with E-state index in [9.17, 15) is 18.5 Å². The van der Waals surface area contributed by atoms with Crippen molar-refractivity contribution < 1.29 is 13.3 Å². The summed E-state index contributed by atoms with van der Waals surface area (Å²) in [5.41, 5.74) is -0.532. The van der Waals surface area contributed by atoms with Crippen LogP contribution in [0.3, 0.4) is 0 Å². The first kappa shape index (κ1) is 15.9. The Kier molecular flexibility index (Phi) is 4.89. The van der Waals surface area contributed by atoms with E-state index in [4.69, 9.17) is 11.6 Å². The number of hydrogen-bond donors (Lipinski definition) is 1. The van der Waals surface area contributed by atoms with Crippen LogP contribution in [0.1, 0.15) is 20.8 Å². The molecular weight excluding hydrogens is 292 g/mol. The number of rotatable bonds is 5. The molecule has 6 nitrogen and oxygen atoms in total. The van der Waals surface area contributed by atoms with E-state index in [2.05, 4.69) is 4.72 Å². The van der Waals surface area contributed by atoms with Gasteiger partial charge in [-0.25, -0.2) is 13.1 Å². The van der Waals surface area contributed by atoms with Gasteiger partial charge in [-0.3, -0.25) is 10.1 Å². The van der Waals surface area contributed by atoms with Gasteiger partial charge in [0.1, 0.15) is 0 Å². The van der Waals surface area contributed by atoms with Crippen molar-refractivity contribution in [1.82, 2.24) is 4.72 Å². The first-order valence-electron chi connectivity index (χ1n) is 5.61. The number of nitro groups is 1. The Bertz CT molecular complexity index is 586. The maximum Gasteiger partial charge on any atom is 0.290 e. The Hall–Kier alpha value is -1.18. The van der Waals surface area contributed by atoms with Crippen LogP contribution in [0, 0.1) is 16.0 Å². The lowest BCUT2D eigenvalue weighted by atomic mass is 10.1. The fourth-order valence-electron chi connectivity index (χ4n) is 1.30. The molecular formula is C11H15ClN2O4S. The van der Waals surface area contributed by atoms with Crippen molar-refractivity contribution in [2.45, 2.75) is 31.7 Å². The largest absolute Gasteiger partial charge is 0.290 e. The summed E-state index contributed by atoms with van der Waals surface area (Å²) in [6.07, 6.45) is 0. The van der Waals surface area contributed by atoms with Crippen molar-refractivity contribution >= 4 is 27.3 Å². The van der Waals surface area contributed by atoms with Gasteiger partial charge in [0.05, 0.1) is 4.92 Å². The molecule has 0 aromatic heterocycles. The summed E-state index contributed by atoms with van der Waals surface area (Å²) in [6.45, 7) is 5.40. The third-order valence-corrected chi connectivity index (χ3v) is 4.59. The van der Waals surface area contributed by atoms with Gasteiger partial charge in [-0.05, 0) is 25.0 Å². The molecule has 1 aromatic carbocycles. The molecule has 106 valence electrons. The van der Waals surface area contributed by atoms with Crippen molar-refractivity contribution in [1.29, 1.82) is 0 Å². The van der Waals surface area contributed by atoms with Gasteiger partial charge in [-0.15, -0.1) is 0 Å². The predicted octanol–water partition coefficient (Wildman–Crippen LogP) is 2.57. The molecule has 0 heterocycles. The molecule has 0 amide bonds. The number of nitrogens with zero attached hydrogens (tertiary/aromatic N) is 1. The Morgan fingerprint density at radius 3 is 2.37 bits per heavy atom. The smallest absolute Gasteiger partial charge is 0.258 e. The van der Waals surface area contributed by atoms with Gasteiger partial charge in [-0.1, -0.05) is 25.4 Å². The lowest BCUT2D eigenvalue weighted by Gasteiger charge is -2.17. The molecule has 0 fully saturated rings. The van der Waals surface area contributed by atoms with Gasteiger partial charge < -0.3 is 0 Å². The summed E-state index contributed by atoms with van der Waals surface area (Å²) in [5.74, 6) is 0.0705. The number of nitro benzene ring substituents is 1. The summed E-state index contributed by atoms with van der Waals surface area (Å²) in [4.78, 5) is 9.75. The van der Waals surface area contributed by atoms with Crippen LogP contribution in [0.25, 0.3) is 0 Å². The molecule has 8 heteroatoms. The van der Waals surface area contributed by atoms with Crippen LogP contribution in [0.5, 0.6) is 0 Å². The molecule has 0 aliphatic carbocycles. The quantitative estimate of drug-likeness (QED) is 0.668. The minimum atomic E-state index is -3.95. The third kappa shape index (κ3) is 3.89. The maximum atomic E-state index is 12.1. The first-order valence-corrected chi connectivity index (χ1v) is 7.47. The standard InChI is InChI=1S/C11H15ClN2O4S/c1-7(2)8(3)13-19(17,18)11-5-4-9(12)6-10(11)14(15)16/h4-8,13H,1-3H3. The monoisotopic (exact) mass is 306 g/mol. The van der Waals surface area contributed by atoms with Crippen molar-refractivity contribution in [3.63, 3.8) is 0 Å². The first-order chi connectivity index (χ1) is 8.65. The average molecular weight is 307 g/mol. The molecule has 0 saturated heterocycles. The molecule has 1 aromatic rings. The molecule has 1 atom stereocenters. The molecule has 0 saturated carbocycles. The lowest BCUT2D eigenvalue weighted by Crippen LogP contribution is -2.36. The summed E-state index contributed by atoms with van der Waals surface area (Å²) < 4.78 is 26.7. The summed E-state index contributed by atoms with van der Waals surface area (Å²) in [5, 5.41) is 11.0. The van der Waals surface area contributed by atoms with Crippen LogP contribution < -0.4 is 4.72 Å². The number of sulfonamides is 1. The zero-order valence-electron chi connectivity index (χ0n) is 10.8. The number of benzene rings is 1. The van der Waals surface area contributed by atoms with E-state index in [0.29, 0.717) is 0 Å². The maximum absolute atomic E-state index is 12.1. The highest BCUT2D eigenvalue weighted by atomic mass is 35.5. The molecule has 0 bridgehead atoms. The molecule has 0 spiro atoms. The van der Waals surface area contributed by atoms with Gasteiger partial charge in [0.15, 0.2) is 4.90 Å². The Morgan fingerprint density at radius 1 is 1.32 bits per heavy atom. The van der Waals surface area contributed by atoms with Crippen LogP contribution in [0.4, 0.5) is 5.69 Å². The van der Waals surface area contributed by atoms with Crippen LogP contribution in [-0.2, 0) is 10.0 Å². The average Bonchev–Trinajstić information content (AvgIpc) is 2.27. The molecule has 1 N–H and O–H groups in total. The van der Waals surface area contributed by atoms with Crippen molar-refractivity contribution in [2.24, 2.45) is 5.92 Å². The zero-order chi connectivity index (χ0) is 14.8. The van der Waals surface area contributed by atoms with Gasteiger partial charge in [0.2, 0.25) is 10.0 Å². The SMILES string of the molecule is CC(C)C(C)NS(=O)(=O)c1ccc(Cl)cc1[N+](=O)[O-]. The van der Waals surface area contributed by atoms with E-state index < -0.39 is 20.6 Å². The topological polar surface area (TPSA) is 89.3 Å². The highest BCUT2D eigenvalue weighted by molar-refractivity contribution is 7.89. The van der Waals surface area contributed by atoms with E-state index in [1.165, 1.54) is 6.07 Å². The van der Waals surface area contributed by atoms with E-state index in [1.54, 1.807) is 6.92 Å². The van der Waals surface area contributed by atoms with Crippen molar-refractivity contribution in [2.75, 3.05) is 0 Å². The number of halogens is 1. The Morgan fingerprint density at radius 2 is 1.89 bits per heavy atom. The van der Waals surface area contributed by atoms with Gasteiger partial charge >= 0.3 is 0 Å². The second-order valence-corrected chi connectivity index (χ2v) is 6.64. The minimum Gasteiger partial charge on any atom is -0.258 e. The lowest BCUT2D eigenvalue weighted by molar-refractivity contribution is -0.387. The highest BCUT2D eigenvalue weighted by Gasteiger charge is 2.27. The number of nitrogens with one attached hydrogen (secondary N) is 1. The minimum absolute atomic E-state index is 0.0705. The Labute approximate surface area is 117 Å². The number of hydrogen-bond acceptors (Lipinski definition) is 4. The van der Waals surface area contributed by atoms with Crippen molar-refractivity contribution in [3.05, 3.63) is 33.3 Å². The zero-order valence-corrected chi connectivity index (χ0v) is 12.3. The molecule has 19 heavy (non-hydrogen) atoms. The van der Waals surface area contributed by atoms with Crippen LogP contribution in [0.15, 0.2) is 23.1 Å². The van der Waals surface area contributed by atoms with Gasteiger partial charge in [0, 0.05) is 17.1 Å². The molecule has 0 radical (unpaired) electrons. The highest BCUT2D eigenvalue weighted by Crippen LogP contribution is 2.27. The van der Waals surface area contributed by atoms with Gasteiger partial charge in [-0.2, -0.15) is 0 Å². The van der Waals surface area contributed by atoms with Crippen molar-refractivity contribution in [3.8, 4) is 0 Å². The molecule has 1 unspecified atom stereocenters. The fraction of sp³-hybridized carbons (Fsp3) is 0.455. The fourth-order valence-corrected chi connectivity index (χ4v) is 3.02. The van der Waals surface area contributed by atoms with Crippen LogP contribution in [-0.4, -0.2) is 19.4 Å². The Balaban J connectivity index is 3.25. The predicted molar refractivity (Wildman–Crippen MR) is 72.7 cm³/mol. The van der Waals surface area contributed by atoms with Gasteiger partial charge in [0.25, 0.3) is 5.69 Å². The molecule has 0 aliphatic rings. The third-order valence-electron chi connectivity index (χ3n) is 2.75. The molecule has 0 aliphatic heterocycles. The van der Waals surface area contributed by atoms with Crippen LogP contribution >= 0.6 is 11.6 Å². The normalized spacial score (nSPS) is 13.5. The van der Waals surface area contributed by atoms with E-state index in [0.717, 1.165) is 12.1 Å². The second kappa shape index (κ2) is 5.85. The van der Waals surface area contributed by atoms with Crippen LogP contribution in [0.2, 0.25) is 5.02 Å². The summed E-state index contributed by atoms with van der Waals surface area (Å²) in [7, 11) is -3.95. The molecule has 1 rings (SSSR count). The summed E-state index contributed by atoms with van der Waals surface area (Å²) >= 11 is 5.65. The van der Waals surface area contributed by atoms with E-state index in [1.807, 2.05) is 13.8 Å². The summed E-state index contributed by atoms with van der Waals surface area (Å²) in [6, 6.07) is 3.13. The second-order valence-electron chi connectivity index (χ2n) is 4.52.